The largest absolute Gasteiger partial charge is 0.481 e. The van der Waals surface area contributed by atoms with Gasteiger partial charge in [0.15, 0.2) is 0 Å². The Morgan fingerprint density at radius 2 is 2.00 bits per heavy atom. The van der Waals surface area contributed by atoms with Crippen molar-refractivity contribution in [3.05, 3.63) is 35.9 Å². The first-order valence-corrected chi connectivity index (χ1v) is 8.75. The van der Waals surface area contributed by atoms with E-state index in [1.54, 1.807) is 14.0 Å². The van der Waals surface area contributed by atoms with Crippen molar-refractivity contribution in [2.75, 3.05) is 26.7 Å². The summed E-state index contributed by atoms with van der Waals surface area (Å²) in [6, 6.07) is 9.85. The number of aliphatic carboxylic acids is 1. The molecule has 1 aliphatic carbocycles. The predicted molar refractivity (Wildman–Crippen MR) is 95.2 cm³/mol. The van der Waals surface area contributed by atoms with Gasteiger partial charge in [-0.15, -0.1) is 0 Å². The smallest absolute Gasteiger partial charge is 0.317 e. The Hall–Kier alpha value is -2.08. The maximum absolute atomic E-state index is 12.1. The van der Waals surface area contributed by atoms with E-state index in [0.29, 0.717) is 19.8 Å². The van der Waals surface area contributed by atoms with Gasteiger partial charge in [-0.3, -0.25) is 4.79 Å². The number of rotatable bonds is 10. The van der Waals surface area contributed by atoms with Gasteiger partial charge in [-0.2, -0.15) is 0 Å². The molecule has 1 aromatic carbocycles. The van der Waals surface area contributed by atoms with Gasteiger partial charge >= 0.3 is 12.0 Å². The second-order valence-corrected chi connectivity index (χ2v) is 7.07. The fraction of sp³-hybridized carbons (Fsp3) is 0.579. The van der Waals surface area contributed by atoms with E-state index in [-0.39, 0.29) is 18.0 Å². The molecular formula is C19H28N2O4. The van der Waals surface area contributed by atoms with Crippen LogP contribution in [0.3, 0.4) is 0 Å². The minimum atomic E-state index is -0.895. The number of nitrogens with zero attached hydrogens (tertiary/aromatic N) is 1. The van der Waals surface area contributed by atoms with Crippen molar-refractivity contribution in [2.24, 2.45) is 11.3 Å². The fourth-order valence-electron chi connectivity index (χ4n) is 2.71. The summed E-state index contributed by atoms with van der Waals surface area (Å²) in [7, 11) is 1.62. The summed E-state index contributed by atoms with van der Waals surface area (Å²) >= 11 is 0. The van der Waals surface area contributed by atoms with Gasteiger partial charge in [0, 0.05) is 26.7 Å². The Labute approximate surface area is 149 Å². The van der Waals surface area contributed by atoms with E-state index in [2.05, 4.69) is 5.32 Å². The van der Waals surface area contributed by atoms with E-state index >= 15 is 0 Å². The number of carboxylic acids is 1. The van der Waals surface area contributed by atoms with Gasteiger partial charge in [0.25, 0.3) is 0 Å². The van der Waals surface area contributed by atoms with Gasteiger partial charge in [0.2, 0.25) is 0 Å². The molecule has 1 atom stereocenters. The predicted octanol–water partition coefficient (Wildman–Crippen LogP) is 2.74. The number of carbonyl (C=O) groups excluding carboxylic acids is 1. The van der Waals surface area contributed by atoms with E-state index < -0.39 is 11.9 Å². The summed E-state index contributed by atoms with van der Waals surface area (Å²) in [4.78, 5) is 24.4. The number of benzene rings is 1. The summed E-state index contributed by atoms with van der Waals surface area (Å²) < 4.78 is 5.74. The van der Waals surface area contributed by atoms with E-state index in [0.717, 1.165) is 24.8 Å². The fourth-order valence-corrected chi connectivity index (χ4v) is 2.71. The maximum Gasteiger partial charge on any atom is 0.317 e. The number of ether oxygens (including phenoxy) is 1. The number of urea groups is 1. The molecule has 0 bridgehead atoms. The number of amides is 2. The summed E-state index contributed by atoms with van der Waals surface area (Å²) in [5.74, 6) is -1.47. The van der Waals surface area contributed by atoms with Crippen LogP contribution in [-0.2, 0) is 16.1 Å². The normalized spacial score (nSPS) is 16.1. The van der Waals surface area contributed by atoms with Gasteiger partial charge < -0.3 is 20.1 Å². The number of hydrogen-bond donors (Lipinski definition) is 2. The van der Waals surface area contributed by atoms with Crippen molar-refractivity contribution in [3.8, 4) is 0 Å². The maximum atomic E-state index is 12.1. The minimum Gasteiger partial charge on any atom is -0.481 e. The van der Waals surface area contributed by atoms with Gasteiger partial charge in [0.05, 0.1) is 12.5 Å². The summed E-state index contributed by atoms with van der Waals surface area (Å²) in [5.41, 5.74) is 1.31. The topological polar surface area (TPSA) is 78.9 Å². The first-order valence-electron chi connectivity index (χ1n) is 8.75. The molecule has 0 aliphatic heterocycles. The van der Waals surface area contributed by atoms with Crippen LogP contribution in [0.5, 0.6) is 0 Å². The highest BCUT2D eigenvalue weighted by Gasteiger charge is 2.42. The highest BCUT2D eigenvalue weighted by molar-refractivity contribution is 5.75. The Balaban J connectivity index is 1.64. The van der Waals surface area contributed by atoms with Gasteiger partial charge in [0.1, 0.15) is 0 Å². The first kappa shape index (κ1) is 19.2. The number of hydrogen-bond acceptors (Lipinski definition) is 3. The molecule has 25 heavy (non-hydrogen) atoms. The molecular weight excluding hydrogens is 320 g/mol. The van der Waals surface area contributed by atoms with E-state index in [4.69, 9.17) is 9.84 Å². The second kappa shape index (κ2) is 8.85. The average molecular weight is 348 g/mol. The molecule has 1 fully saturated rings. The highest BCUT2D eigenvalue weighted by atomic mass is 16.5. The van der Waals surface area contributed by atoms with Crippen LogP contribution in [0, 0.1) is 11.3 Å². The first-order chi connectivity index (χ1) is 11.9. The Kier molecular flexibility index (Phi) is 6.82. The van der Waals surface area contributed by atoms with Crippen LogP contribution in [0.15, 0.2) is 30.3 Å². The third-order valence-electron chi connectivity index (χ3n) is 4.78. The third-order valence-corrected chi connectivity index (χ3v) is 4.78. The SMILES string of the molecule is CC(CN(C)C(=O)NCC1(CCOCc2ccccc2)CC1)C(=O)O. The molecule has 0 spiro atoms. The Morgan fingerprint density at radius 3 is 2.60 bits per heavy atom. The third kappa shape index (κ3) is 6.38. The van der Waals surface area contributed by atoms with E-state index in [9.17, 15) is 9.59 Å². The molecule has 6 nitrogen and oxygen atoms in total. The summed E-state index contributed by atoms with van der Waals surface area (Å²) in [6.45, 7) is 3.70. The van der Waals surface area contributed by atoms with Crippen LogP contribution >= 0.6 is 0 Å². The molecule has 2 amide bonds. The van der Waals surface area contributed by atoms with Crippen molar-refractivity contribution in [3.63, 3.8) is 0 Å². The molecule has 2 N–H and O–H groups in total. The van der Waals surface area contributed by atoms with E-state index in [1.807, 2.05) is 30.3 Å². The van der Waals surface area contributed by atoms with Crippen molar-refractivity contribution in [1.82, 2.24) is 10.2 Å². The molecule has 6 heteroatoms. The lowest BCUT2D eigenvalue weighted by atomic mass is 10.0. The molecule has 138 valence electrons. The zero-order valence-electron chi connectivity index (χ0n) is 15.0. The molecule has 0 aromatic heterocycles. The lowest BCUT2D eigenvalue weighted by molar-refractivity contribution is -0.141. The van der Waals surface area contributed by atoms with Crippen LogP contribution in [0.1, 0.15) is 31.7 Å². The molecule has 0 saturated heterocycles. The lowest BCUT2D eigenvalue weighted by Gasteiger charge is -2.22. The van der Waals surface area contributed by atoms with Crippen molar-refractivity contribution < 1.29 is 19.4 Å². The van der Waals surface area contributed by atoms with Crippen LogP contribution in [0.4, 0.5) is 4.79 Å². The van der Waals surface area contributed by atoms with Crippen molar-refractivity contribution >= 4 is 12.0 Å². The van der Waals surface area contributed by atoms with Gasteiger partial charge in [-0.05, 0) is 30.2 Å². The minimum absolute atomic E-state index is 0.144. The summed E-state index contributed by atoms with van der Waals surface area (Å²) in [5, 5.41) is 11.8. The monoisotopic (exact) mass is 348 g/mol. The molecule has 2 rings (SSSR count). The number of nitrogens with one attached hydrogen (secondary N) is 1. The van der Waals surface area contributed by atoms with Gasteiger partial charge in [-0.25, -0.2) is 4.79 Å². The molecule has 1 aliphatic rings. The van der Waals surface area contributed by atoms with Crippen LogP contribution in [-0.4, -0.2) is 48.8 Å². The molecule has 1 saturated carbocycles. The second-order valence-electron chi connectivity index (χ2n) is 7.07. The molecule has 1 unspecified atom stereocenters. The number of carboxylic acid groups (broad SMARTS) is 1. The zero-order chi connectivity index (χ0) is 18.3. The van der Waals surface area contributed by atoms with E-state index in [1.165, 1.54) is 4.90 Å². The van der Waals surface area contributed by atoms with Crippen LogP contribution in [0.25, 0.3) is 0 Å². The average Bonchev–Trinajstić information content (AvgIpc) is 3.37. The van der Waals surface area contributed by atoms with Crippen LogP contribution < -0.4 is 5.32 Å². The molecule has 1 aromatic rings. The molecule has 0 radical (unpaired) electrons. The number of carbonyl (C=O) groups is 2. The summed E-state index contributed by atoms with van der Waals surface area (Å²) in [6.07, 6.45) is 3.11. The van der Waals surface area contributed by atoms with Gasteiger partial charge in [-0.1, -0.05) is 37.3 Å². The Morgan fingerprint density at radius 1 is 1.32 bits per heavy atom. The highest BCUT2D eigenvalue weighted by Crippen LogP contribution is 2.48. The van der Waals surface area contributed by atoms with Crippen LogP contribution in [0.2, 0.25) is 0 Å². The van der Waals surface area contributed by atoms with Crippen molar-refractivity contribution in [2.45, 2.75) is 32.8 Å². The quantitative estimate of drug-likeness (QED) is 0.637. The standard InChI is InChI=1S/C19H28N2O4/c1-15(17(22)23)12-21(2)18(24)20-14-19(8-9-19)10-11-25-13-16-6-4-3-5-7-16/h3-7,15H,8-14H2,1-2H3,(H,20,24)(H,22,23). The lowest BCUT2D eigenvalue weighted by Crippen LogP contribution is -2.42. The zero-order valence-corrected chi connectivity index (χ0v) is 15.0. The van der Waals surface area contributed by atoms with Crippen molar-refractivity contribution in [1.29, 1.82) is 0 Å². The molecule has 0 heterocycles. The Bertz CT molecular complexity index is 572.